The molecule has 2 aromatic carbocycles. The van der Waals surface area contributed by atoms with Gasteiger partial charge in [-0.2, -0.15) is 0 Å². The molecule has 0 radical (unpaired) electrons. The van der Waals surface area contributed by atoms with Crippen molar-refractivity contribution in [2.24, 2.45) is 0 Å². The number of carbonyl (C=O) groups is 2. The van der Waals surface area contributed by atoms with Crippen LogP contribution >= 0.6 is 15.9 Å². The minimum absolute atomic E-state index is 0.0349. The van der Waals surface area contributed by atoms with Crippen molar-refractivity contribution in [2.45, 2.75) is 45.8 Å². The summed E-state index contributed by atoms with van der Waals surface area (Å²) in [6.07, 6.45) is 0.814. The van der Waals surface area contributed by atoms with Gasteiger partial charge in [-0.1, -0.05) is 35.0 Å². The zero-order valence-electron chi connectivity index (χ0n) is 17.9. The van der Waals surface area contributed by atoms with E-state index in [2.05, 4.69) is 21.2 Å². The molecule has 2 rings (SSSR count). The molecule has 0 aliphatic heterocycles. The van der Waals surface area contributed by atoms with Crippen molar-refractivity contribution in [1.82, 2.24) is 10.2 Å². The second-order valence-electron chi connectivity index (χ2n) is 7.11. The topological polar surface area (TPSA) is 67.9 Å². The Labute approximate surface area is 186 Å². The summed E-state index contributed by atoms with van der Waals surface area (Å²) in [4.78, 5) is 27.3. The fourth-order valence-corrected chi connectivity index (χ4v) is 3.04. The number of hydrogen-bond donors (Lipinski definition) is 1. The van der Waals surface area contributed by atoms with Crippen molar-refractivity contribution in [3.05, 3.63) is 58.6 Å². The zero-order valence-corrected chi connectivity index (χ0v) is 19.4. The maximum absolute atomic E-state index is 13.0. The van der Waals surface area contributed by atoms with Crippen LogP contribution in [-0.2, 0) is 16.1 Å². The normalized spacial score (nSPS) is 12.6. The first-order chi connectivity index (χ1) is 14.3. The first-order valence-electron chi connectivity index (χ1n) is 9.95. The van der Waals surface area contributed by atoms with E-state index in [1.165, 1.54) is 4.90 Å². The highest BCUT2D eigenvalue weighted by atomic mass is 79.9. The number of nitrogens with one attached hydrogen (secondary N) is 1. The first kappa shape index (κ1) is 23.7. The number of nitrogens with zero attached hydrogens (tertiary/aromatic N) is 1. The lowest BCUT2D eigenvalue weighted by Gasteiger charge is -2.29. The predicted octanol–water partition coefficient (Wildman–Crippen LogP) is 4.17. The third-order valence-electron chi connectivity index (χ3n) is 4.83. The van der Waals surface area contributed by atoms with Gasteiger partial charge in [-0.15, -0.1) is 0 Å². The number of rotatable bonds is 10. The van der Waals surface area contributed by atoms with E-state index in [1.54, 1.807) is 26.2 Å². The molecule has 30 heavy (non-hydrogen) atoms. The van der Waals surface area contributed by atoms with E-state index in [1.807, 2.05) is 50.2 Å². The van der Waals surface area contributed by atoms with Crippen LogP contribution in [0.25, 0.3) is 0 Å². The molecule has 2 amide bonds. The van der Waals surface area contributed by atoms with Crippen molar-refractivity contribution in [2.75, 3.05) is 13.7 Å². The van der Waals surface area contributed by atoms with E-state index >= 15 is 0 Å². The number of methoxy groups -OCH3 is 1. The van der Waals surface area contributed by atoms with Gasteiger partial charge >= 0.3 is 0 Å². The van der Waals surface area contributed by atoms with Crippen LogP contribution in [0, 0.1) is 0 Å². The summed E-state index contributed by atoms with van der Waals surface area (Å²) in [6, 6.07) is 14.1. The second kappa shape index (κ2) is 11.6. The highest BCUT2D eigenvalue weighted by Gasteiger charge is 2.27. The first-order valence-corrected chi connectivity index (χ1v) is 10.7. The lowest BCUT2D eigenvalue weighted by atomic mass is 10.1. The molecule has 0 aliphatic rings. The van der Waals surface area contributed by atoms with Crippen molar-refractivity contribution in [1.29, 1.82) is 0 Å². The average Bonchev–Trinajstić information content (AvgIpc) is 2.76. The SMILES string of the molecule is CC[C@H](C)NC(=O)[C@@H](C)N(Cc1cccc(OC)c1)C(=O)COc1ccc(Br)cc1. The van der Waals surface area contributed by atoms with Gasteiger partial charge in [-0.05, 0) is 62.2 Å². The van der Waals surface area contributed by atoms with Gasteiger partial charge in [0.05, 0.1) is 7.11 Å². The van der Waals surface area contributed by atoms with Gasteiger partial charge in [0.2, 0.25) is 5.91 Å². The lowest BCUT2D eigenvalue weighted by Crippen LogP contribution is -2.50. The molecule has 0 fully saturated rings. The predicted molar refractivity (Wildman–Crippen MR) is 121 cm³/mol. The number of carbonyl (C=O) groups excluding carboxylic acids is 2. The van der Waals surface area contributed by atoms with Crippen molar-refractivity contribution < 1.29 is 19.1 Å². The highest BCUT2D eigenvalue weighted by Crippen LogP contribution is 2.18. The maximum atomic E-state index is 13.0. The summed E-state index contributed by atoms with van der Waals surface area (Å²) in [5.74, 6) is 0.823. The molecule has 0 aromatic heterocycles. The monoisotopic (exact) mass is 476 g/mol. The molecule has 6 nitrogen and oxygen atoms in total. The number of halogens is 1. The van der Waals surface area contributed by atoms with Gasteiger partial charge in [0.25, 0.3) is 5.91 Å². The molecule has 0 saturated carbocycles. The van der Waals surface area contributed by atoms with Crippen LogP contribution in [0.15, 0.2) is 53.0 Å². The Bertz CT molecular complexity index is 841. The Balaban J connectivity index is 2.16. The van der Waals surface area contributed by atoms with Crippen LogP contribution < -0.4 is 14.8 Å². The summed E-state index contributed by atoms with van der Waals surface area (Å²) in [5, 5.41) is 2.95. The van der Waals surface area contributed by atoms with Gasteiger partial charge < -0.3 is 19.7 Å². The number of benzene rings is 2. The fourth-order valence-electron chi connectivity index (χ4n) is 2.77. The maximum Gasteiger partial charge on any atom is 0.261 e. The molecule has 0 aliphatic carbocycles. The molecule has 0 heterocycles. The average molecular weight is 477 g/mol. The van der Waals surface area contributed by atoms with Crippen LogP contribution in [0.1, 0.15) is 32.8 Å². The largest absolute Gasteiger partial charge is 0.497 e. The van der Waals surface area contributed by atoms with Gasteiger partial charge in [0.15, 0.2) is 6.61 Å². The summed E-state index contributed by atoms with van der Waals surface area (Å²) in [7, 11) is 1.59. The summed E-state index contributed by atoms with van der Waals surface area (Å²) in [6.45, 7) is 5.78. The molecule has 0 unspecified atom stereocenters. The summed E-state index contributed by atoms with van der Waals surface area (Å²) in [5.41, 5.74) is 0.870. The van der Waals surface area contributed by atoms with Gasteiger partial charge in [0.1, 0.15) is 17.5 Å². The molecule has 0 saturated heterocycles. The molecule has 1 N–H and O–H groups in total. The molecule has 7 heteroatoms. The Hall–Kier alpha value is -2.54. The quantitative estimate of drug-likeness (QED) is 0.558. The molecular formula is C23H29BrN2O4. The Morgan fingerprint density at radius 1 is 1.10 bits per heavy atom. The smallest absolute Gasteiger partial charge is 0.261 e. The third-order valence-corrected chi connectivity index (χ3v) is 5.36. The van der Waals surface area contributed by atoms with Crippen LogP contribution in [0.5, 0.6) is 11.5 Å². The number of hydrogen-bond acceptors (Lipinski definition) is 4. The van der Waals surface area contributed by atoms with Gasteiger partial charge in [-0.25, -0.2) is 0 Å². The van der Waals surface area contributed by atoms with Crippen molar-refractivity contribution >= 4 is 27.7 Å². The van der Waals surface area contributed by atoms with E-state index in [9.17, 15) is 9.59 Å². The minimum Gasteiger partial charge on any atom is -0.497 e. The van der Waals surface area contributed by atoms with E-state index in [-0.39, 0.29) is 31.0 Å². The lowest BCUT2D eigenvalue weighted by molar-refractivity contribution is -0.142. The Morgan fingerprint density at radius 2 is 1.80 bits per heavy atom. The van der Waals surface area contributed by atoms with Crippen LogP contribution in [0.4, 0.5) is 0 Å². The van der Waals surface area contributed by atoms with Crippen LogP contribution in [-0.4, -0.2) is 42.5 Å². The highest BCUT2D eigenvalue weighted by molar-refractivity contribution is 9.10. The number of ether oxygens (including phenoxy) is 2. The Kier molecular flexibility index (Phi) is 9.17. The molecule has 0 spiro atoms. The van der Waals surface area contributed by atoms with E-state index < -0.39 is 6.04 Å². The van der Waals surface area contributed by atoms with Gasteiger partial charge in [0, 0.05) is 17.1 Å². The molecule has 0 bridgehead atoms. The third kappa shape index (κ3) is 7.06. The molecule has 2 aromatic rings. The molecule has 2 atom stereocenters. The van der Waals surface area contributed by atoms with E-state index in [0.717, 1.165) is 16.5 Å². The van der Waals surface area contributed by atoms with Crippen molar-refractivity contribution in [3.63, 3.8) is 0 Å². The number of amides is 2. The Morgan fingerprint density at radius 3 is 2.43 bits per heavy atom. The molecule has 162 valence electrons. The van der Waals surface area contributed by atoms with E-state index in [4.69, 9.17) is 9.47 Å². The summed E-state index contributed by atoms with van der Waals surface area (Å²) < 4.78 is 11.9. The zero-order chi connectivity index (χ0) is 22.1. The standard InChI is InChI=1S/C23H29BrN2O4/c1-5-16(2)25-23(28)17(3)26(14-18-7-6-8-21(13-18)29-4)22(27)15-30-20-11-9-19(24)10-12-20/h6-13,16-17H,5,14-15H2,1-4H3,(H,25,28)/t16-,17+/m0/s1. The van der Waals surface area contributed by atoms with Gasteiger partial charge in [-0.3, -0.25) is 9.59 Å². The summed E-state index contributed by atoms with van der Waals surface area (Å²) >= 11 is 3.37. The van der Waals surface area contributed by atoms with Crippen LogP contribution in [0.2, 0.25) is 0 Å². The van der Waals surface area contributed by atoms with Crippen molar-refractivity contribution in [3.8, 4) is 11.5 Å². The van der Waals surface area contributed by atoms with E-state index in [0.29, 0.717) is 11.5 Å². The fraction of sp³-hybridized carbons (Fsp3) is 0.391. The molecular weight excluding hydrogens is 448 g/mol. The second-order valence-corrected chi connectivity index (χ2v) is 8.03. The minimum atomic E-state index is -0.647. The van der Waals surface area contributed by atoms with Crippen LogP contribution in [0.3, 0.4) is 0 Å².